The monoisotopic (exact) mass is 323 g/mol. The van der Waals surface area contributed by atoms with Crippen LogP contribution in [0.25, 0.3) is 0 Å². The Hall–Kier alpha value is -2.29. The first-order valence-electron chi connectivity index (χ1n) is 8.38. The SMILES string of the molecule is CC1(C)CN(C(=O)c2ccc(C(C)(C)C)cc2)c2ccccc2O1. The number of fused-ring (bicyclic) bond motifs is 1. The average Bonchev–Trinajstić information content (AvgIpc) is 2.52. The first kappa shape index (κ1) is 16.6. The number of para-hydroxylation sites is 2. The van der Waals surface area contributed by atoms with E-state index in [9.17, 15) is 4.79 Å². The summed E-state index contributed by atoms with van der Waals surface area (Å²) in [6.45, 7) is 11.1. The van der Waals surface area contributed by atoms with Crippen molar-refractivity contribution in [2.24, 2.45) is 0 Å². The number of amides is 1. The summed E-state index contributed by atoms with van der Waals surface area (Å²) >= 11 is 0. The number of anilines is 1. The van der Waals surface area contributed by atoms with Crippen molar-refractivity contribution in [3.05, 3.63) is 59.7 Å². The zero-order chi connectivity index (χ0) is 17.5. The van der Waals surface area contributed by atoms with Crippen molar-refractivity contribution in [1.29, 1.82) is 0 Å². The van der Waals surface area contributed by atoms with Crippen molar-refractivity contribution >= 4 is 11.6 Å². The Morgan fingerprint density at radius 1 is 1.04 bits per heavy atom. The van der Waals surface area contributed by atoms with Gasteiger partial charge in [0.2, 0.25) is 0 Å². The predicted molar refractivity (Wildman–Crippen MR) is 98.0 cm³/mol. The number of benzene rings is 2. The molecule has 0 saturated heterocycles. The molecule has 1 aliphatic heterocycles. The molecular formula is C21H25NO2. The smallest absolute Gasteiger partial charge is 0.258 e. The number of carbonyl (C=O) groups excluding carboxylic acids is 1. The normalized spacial score (nSPS) is 16.3. The number of hydrogen-bond donors (Lipinski definition) is 0. The van der Waals surface area contributed by atoms with Gasteiger partial charge in [-0.1, -0.05) is 45.0 Å². The molecule has 0 spiro atoms. The second kappa shape index (κ2) is 5.66. The van der Waals surface area contributed by atoms with Gasteiger partial charge in [0, 0.05) is 5.56 Å². The molecule has 1 amide bonds. The summed E-state index contributed by atoms with van der Waals surface area (Å²) in [7, 11) is 0. The van der Waals surface area contributed by atoms with E-state index in [0.717, 1.165) is 11.4 Å². The minimum absolute atomic E-state index is 0.0132. The average molecular weight is 323 g/mol. The first-order valence-corrected chi connectivity index (χ1v) is 8.38. The molecule has 2 aromatic rings. The molecule has 2 aromatic carbocycles. The van der Waals surface area contributed by atoms with Crippen LogP contribution in [0.3, 0.4) is 0 Å². The molecule has 24 heavy (non-hydrogen) atoms. The van der Waals surface area contributed by atoms with Crippen LogP contribution >= 0.6 is 0 Å². The van der Waals surface area contributed by atoms with Gasteiger partial charge in [-0.05, 0) is 49.1 Å². The van der Waals surface area contributed by atoms with E-state index >= 15 is 0 Å². The largest absolute Gasteiger partial charge is 0.484 e. The molecule has 0 N–H and O–H groups in total. The lowest BCUT2D eigenvalue weighted by Crippen LogP contribution is -2.49. The van der Waals surface area contributed by atoms with Crippen LogP contribution in [0.5, 0.6) is 5.75 Å². The molecule has 0 aromatic heterocycles. The number of hydrogen-bond acceptors (Lipinski definition) is 2. The number of ether oxygens (including phenoxy) is 1. The zero-order valence-electron chi connectivity index (χ0n) is 15.1. The number of carbonyl (C=O) groups is 1. The maximum atomic E-state index is 13.1. The van der Waals surface area contributed by atoms with Crippen molar-refractivity contribution in [3.8, 4) is 5.75 Å². The molecule has 3 heteroatoms. The molecule has 0 bridgehead atoms. The minimum atomic E-state index is -0.407. The molecule has 0 aliphatic carbocycles. The summed E-state index contributed by atoms with van der Waals surface area (Å²) in [6, 6.07) is 15.7. The summed E-state index contributed by atoms with van der Waals surface area (Å²) in [5.74, 6) is 0.771. The van der Waals surface area contributed by atoms with Crippen molar-refractivity contribution in [2.75, 3.05) is 11.4 Å². The Labute approximate surface area is 144 Å². The lowest BCUT2D eigenvalue weighted by atomic mass is 9.86. The fourth-order valence-corrected chi connectivity index (χ4v) is 3.01. The van der Waals surface area contributed by atoms with Gasteiger partial charge >= 0.3 is 0 Å². The third kappa shape index (κ3) is 3.16. The third-order valence-corrected chi connectivity index (χ3v) is 4.32. The Kier molecular flexibility index (Phi) is 3.90. The Morgan fingerprint density at radius 2 is 1.67 bits per heavy atom. The second-order valence-corrected chi connectivity index (χ2v) is 8.05. The molecule has 0 saturated carbocycles. The van der Waals surface area contributed by atoms with Crippen LogP contribution in [-0.2, 0) is 5.41 Å². The summed E-state index contributed by atoms with van der Waals surface area (Å²) in [5.41, 5.74) is 2.43. The maximum absolute atomic E-state index is 13.1. The zero-order valence-corrected chi connectivity index (χ0v) is 15.1. The summed E-state index contributed by atoms with van der Waals surface area (Å²) in [5, 5.41) is 0. The van der Waals surface area contributed by atoms with E-state index in [-0.39, 0.29) is 11.3 Å². The van der Waals surface area contributed by atoms with Crippen LogP contribution in [0.2, 0.25) is 0 Å². The van der Waals surface area contributed by atoms with E-state index in [1.54, 1.807) is 0 Å². The van der Waals surface area contributed by atoms with Gasteiger partial charge in [0.25, 0.3) is 5.91 Å². The molecule has 1 heterocycles. The molecule has 126 valence electrons. The fraction of sp³-hybridized carbons (Fsp3) is 0.381. The van der Waals surface area contributed by atoms with Gasteiger partial charge in [-0.2, -0.15) is 0 Å². The predicted octanol–water partition coefficient (Wildman–Crippen LogP) is 4.80. The van der Waals surface area contributed by atoms with E-state index in [1.165, 1.54) is 5.56 Å². The van der Waals surface area contributed by atoms with Gasteiger partial charge < -0.3 is 9.64 Å². The van der Waals surface area contributed by atoms with Gasteiger partial charge in [-0.15, -0.1) is 0 Å². The summed E-state index contributed by atoms with van der Waals surface area (Å²) in [4.78, 5) is 14.9. The highest BCUT2D eigenvalue weighted by Crippen LogP contribution is 2.37. The van der Waals surface area contributed by atoms with Crippen LogP contribution < -0.4 is 9.64 Å². The molecule has 0 fully saturated rings. The third-order valence-electron chi connectivity index (χ3n) is 4.32. The van der Waals surface area contributed by atoms with Crippen LogP contribution in [0.1, 0.15) is 50.5 Å². The van der Waals surface area contributed by atoms with E-state index in [2.05, 4.69) is 20.8 Å². The number of rotatable bonds is 1. The van der Waals surface area contributed by atoms with Crippen LogP contribution in [0.15, 0.2) is 48.5 Å². The van der Waals surface area contributed by atoms with Gasteiger partial charge in [0.15, 0.2) is 0 Å². The summed E-state index contributed by atoms with van der Waals surface area (Å²) in [6.07, 6.45) is 0. The van der Waals surface area contributed by atoms with E-state index < -0.39 is 5.60 Å². The van der Waals surface area contributed by atoms with Gasteiger partial charge in [-0.3, -0.25) is 4.79 Å². The van der Waals surface area contributed by atoms with E-state index in [4.69, 9.17) is 4.74 Å². The molecule has 0 unspecified atom stereocenters. The van der Waals surface area contributed by atoms with Crippen LogP contribution in [0, 0.1) is 0 Å². The quantitative estimate of drug-likeness (QED) is 0.754. The van der Waals surface area contributed by atoms with Gasteiger partial charge in [0.1, 0.15) is 11.4 Å². The van der Waals surface area contributed by atoms with Crippen molar-refractivity contribution in [1.82, 2.24) is 0 Å². The van der Waals surface area contributed by atoms with Crippen molar-refractivity contribution in [3.63, 3.8) is 0 Å². The first-order chi connectivity index (χ1) is 11.2. The molecule has 0 atom stereocenters. The highest BCUT2D eigenvalue weighted by Gasteiger charge is 2.35. The molecular weight excluding hydrogens is 298 g/mol. The molecule has 0 radical (unpaired) electrons. The van der Waals surface area contributed by atoms with E-state index in [0.29, 0.717) is 12.1 Å². The topological polar surface area (TPSA) is 29.5 Å². The highest BCUT2D eigenvalue weighted by atomic mass is 16.5. The van der Waals surface area contributed by atoms with Crippen molar-refractivity contribution < 1.29 is 9.53 Å². The second-order valence-electron chi connectivity index (χ2n) is 8.05. The maximum Gasteiger partial charge on any atom is 0.258 e. The van der Waals surface area contributed by atoms with Gasteiger partial charge in [0.05, 0.1) is 12.2 Å². The van der Waals surface area contributed by atoms with Crippen LogP contribution in [0.4, 0.5) is 5.69 Å². The Bertz CT molecular complexity index is 754. The molecule has 3 nitrogen and oxygen atoms in total. The standard InChI is InChI=1S/C21H25NO2/c1-20(2,3)16-12-10-15(11-13-16)19(23)22-14-21(4,5)24-18-9-7-6-8-17(18)22/h6-13H,14H2,1-5H3. The lowest BCUT2D eigenvalue weighted by molar-refractivity contribution is 0.0837. The number of nitrogens with zero attached hydrogens (tertiary/aromatic N) is 1. The Morgan fingerprint density at radius 3 is 2.29 bits per heavy atom. The molecule has 1 aliphatic rings. The summed E-state index contributed by atoms with van der Waals surface area (Å²) < 4.78 is 6.01. The van der Waals surface area contributed by atoms with Gasteiger partial charge in [-0.25, -0.2) is 0 Å². The van der Waals surface area contributed by atoms with Crippen LogP contribution in [-0.4, -0.2) is 18.1 Å². The highest BCUT2D eigenvalue weighted by molar-refractivity contribution is 6.07. The minimum Gasteiger partial charge on any atom is -0.484 e. The molecule has 3 rings (SSSR count). The fourth-order valence-electron chi connectivity index (χ4n) is 3.01. The van der Waals surface area contributed by atoms with E-state index in [1.807, 2.05) is 67.3 Å². The van der Waals surface area contributed by atoms with Crippen molar-refractivity contribution in [2.45, 2.75) is 45.6 Å². The lowest BCUT2D eigenvalue weighted by Gasteiger charge is -2.39. The Balaban J connectivity index is 1.95.